The molecule has 1 aromatic carbocycles. The molecule has 2 aliphatic heterocycles. The zero-order chi connectivity index (χ0) is 27.0. The molecule has 5 nitrogen and oxygen atoms in total. The zero-order valence-corrected chi connectivity index (χ0v) is 22.9. The Hall–Kier alpha value is -3.00. The average molecular weight is 528 g/mol. The number of alkyl halides is 2. The van der Waals surface area contributed by atoms with Gasteiger partial charge in [0.05, 0.1) is 31.5 Å². The van der Waals surface area contributed by atoms with Crippen LogP contribution in [0.1, 0.15) is 49.5 Å². The van der Waals surface area contributed by atoms with Gasteiger partial charge in [-0.15, -0.1) is 0 Å². The Morgan fingerprint density at radius 2 is 2.05 bits per heavy atom. The van der Waals surface area contributed by atoms with Crippen LogP contribution in [0.5, 0.6) is 0 Å². The van der Waals surface area contributed by atoms with Crippen molar-refractivity contribution >= 4 is 29.3 Å². The van der Waals surface area contributed by atoms with Gasteiger partial charge in [-0.2, -0.15) is 0 Å². The van der Waals surface area contributed by atoms with Crippen LogP contribution in [0.15, 0.2) is 80.1 Å². The van der Waals surface area contributed by atoms with Crippen molar-refractivity contribution in [3.05, 3.63) is 81.3 Å². The Balaban J connectivity index is 1.96. The molecule has 1 aromatic rings. The summed E-state index contributed by atoms with van der Waals surface area (Å²) in [5.74, 6) is 0.330. The first-order valence-electron chi connectivity index (χ1n) is 12.4. The minimum atomic E-state index is -1.54. The number of thioether (sulfide) groups is 1. The van der Waals surface area contributed by atoms with E-state index in [2.05, 4.69) is 4.99 Å². The Labute approximate surface area is 222 Å². The number of hydrogen-bond acceptors (Lipinski definition) is 6. The number of carbonyl (C=O) groups excluding carboxylic acids is 1. The molecule has 2 aliphatic rings. The smallest absolute Gasteiger partial charge is 0.337 e. The van der Waals surface area contributed by atoms with Gasteiger partial charge in [0, 0.05) is 36.1 Å². The number of carbonyl (C=O) groups is 1. The molecule has 2 atom stereocenters. The van der Waals surface area contributed by atoms with Gasteiger partial charge in [-0.3, -0.25) is 9.98 Å². The van der Waals surface area contributed by atoms with Crippen molar-refractivity contribution in [3.8, 4) is 0 Å². The normalized spacial score (nSPS) is 21.6. The second kappa shape index (κ2) is 13.0. The first kappa shape index (κ1) is 28.6. The SMILES string of the molecule is CC=C(S/C=C\C)C1=NCC(C(/C=C\CC(C)F)=NC)=C2CC(F)(Cc3ccc(C(=O)OC)cc3)CN12. The van der Waals surface area contributed by atoms with E-state index in [4.69, 9.17) is 9.73 Å². The lowest BCUT2D eigenvalue weighted by Gasteiger charge is -2.29. The van der Waals surface area contributed by atoms with Crippen LogP contribution in [0.2, 0.25) is 0 Å². The lowest BCUT2D eigenvalue weighted by molar-refractivity contribution is 0.0600. The van der Waals surface area contributed by atoms with Gasteiger partial charge >= 0.3 is 5.97 Å². The molecule has 3 rings (SSSR count). The second-order valence-electron chi connectivity index (χ2n) is 9.11. The van der Waals surface area contributed by atoms with Gasteiger partial charge in [-0.25, -0.2) is 13.6 Å². The molecule has 0 aliphatic carbocycles. The number of fused-ring (bicyclic) bond motifs is 1. The largest absolute Gasteiger partial charge is 0.465 e. The number of halogens is 2. The number of ether oxygens (including phenoxy) is 1. The fourth-order valence-electron chi connectivity index (χ4n) is 4.50. The van der Waals surface area contributed by atoms with E-state index in [1.165, 1.54) is 14.0 Å². The quantitative estimate of drug-likeness (QED) is 0.253. The van der Waals surface area contributed by atoms with Crippen LogP contribution in [-0.2, 0) is 11.2 Å². The number of hydrogen-bond donors (Lipinski definition) is 0. The van der Waals surface area contributed by atoms with Crippen molar-refractivity contribution in [1.82, 2.24) is 4.90 Å². The van der Waals surface area contributed by atoms with E-state index in [0.717, 1.165) is 27.6 Å². The molecule has 0 aromatic heterocycles. The van der Waals surface area contributed by atoms with E-state index >= 15 is 4.39 Å². The molecule has 0 bridgehead atoms. The van der Waals surface area contributed by atoms with Crippen LogP contribution in [0, 0.1) is 0 Å². The maximum absolute atomic E-state index is 16.5. The molecule has 37 heavy (non-hydrogen) atoms. The van der Waals surface area contributed by atoms with E-state index in [9.17, 15) is 9.18 Å². The highest BCUT2D eigenvalue weighted by Gasteiger charge is 2.46. The molecule has 2 heterocycles. The van der Waals surface area contributed by atoms with E-state index in [1.807, 2.05) is 42.4 Å². The molecule has 0 N–H and O–H groups in total. The number of aliphatic imine (C=N–C) groups is 2. The van der Waals surface area contributed by atoms with Crippen LogP contribution < -0.4 is 0 Å². The molecular weight excluding hydrogens is 492 g/mol. The molecular formula is C29H35F2N3O2S. The summed E-state index contributed by atoms with van der Waals surface area (Å²) in [7, 11) is 3.02. The molecule has 0 radical (unpaired) electrons. The highest BCUT2D eigenvalue weighted by Crippen LogP contribution is 2.42. The first-order chi connectivity index (χ1) is 17.7. The number of esters is 1. The molecule has 1 saturated heterocycles. The van der Waals surface area contributed by atoms with Crippen molar-refractivity contribution in [2.45, 2.75) is 51.9 Å². The molecule has 1 fully saturated rings. The molecule has 0 amide bonds. The van der Waals surface area contributed by atoms with Gasteiger partial charge in [-0.05, 0) is 56.4 Å². The molecule has 8 heteroatoms. The fraction of sp³-hybridized carbons (Fsp3) is 0.414. The number of benzene rings is 1. The predicted octanol–water partition coefficient (Wildman–Crippen LogP) is 6.64. The maximum atomic E-state index is 16.5. The Morgan fingerprint density at radius 3 is 2.65 bits per heavy atom. The zero-order valence-electron chi connectivity index (χ0n) is 22.1. The number of methoxy groups -OCH3 is 1. The van der Waals surface area contributed by atoms with Crippen molar-refractivity contribution in [2.75, 3.05) is 27.2 Å². The standard InChI is InChI=1S/C29H35F2N3O2S/c1-6-15-37-26(7-2)27-33-18-23(24(32-4)10-8-9-20(3)30)25-17-29(31,19-34(25)27)16-21-11-13-22(14-12-21)28(35)36-5/h6-8,10-15,20H,9,16-19H2,1-5H3/b10-8-,15-6-,26-7?,32-24?. The highest BCUT2D eigenvalue weighted by atomic mass is 32.2. The first-order valence-corrected chi connectivity index (χ1v) is 13.3. The third kappa shape index (κ3) is 7.06. The summed E-state index contributed by atoms with van der Waals surface area (Å²) < 4.78 is 34.7. The predicted molar refractivity (Wildman–Crippen MR) is 150 cm³/mol. The lowest BCUT2D eigenvalue weighted by Crippen LogP contribution is -2.37. The van der Waals surface area contributed by atoms with Crippen LogP contribution in [0.25, 0.3) is 0 Å². The molecule has 2 unspecified atom stereocenters. The molecule has 198 valence electrons. The monoisotopic (exact) mass is 527 g/mol. The highest BCUT2D eigenvalue weighted by molar-refractivity contribution is 8.06. The van der Waals surface area contributed by atoms with Crippen molar-refractivity contribution < 1.29 is 18.3 Å². The van der Waals surface area contributed by atoms with Gasteiger partial charge in [0.1, 0.15) is 17.7 Å². The van der Waals surface area contributed by atoms with Gasteiger partial charge in [0.2, 0.25) is 0 Å². The Kier molecular flexibility index (Phi) is 10.0. The van der Waals surface area contributed by atoms with Crippen LogP contribution in [-0.4, -0.2) is 61.5 Å². The fourth-order valence-corrected chi connectivity index (χ4v) is 5.20. The van der Waals surface area contributed by atoms with E-state index < -0.39 is 17.8 Å². The summed E-state index contributed by atoms with van der Waals surface area (Å²) in [5.41, 5.74) is 2.10. The van der Waals surface area contributed by atoms with Gasteiger partial charge < -0.3 is 9.64 Å². The lowest BCUT2D eigenvalue weighted by atomic mass is 9.92. The topological polar surface area (TPSA) is 54.3 Å². The van der Waals surface area contributed by atoms with Crippen LogP contribution in [0.4, 0.5) is 8.78 Å². The van der Waals surface area contributed by atoms with E-state index in [-0.39, 0.29) is 25.8 Å². The third-order valence-corrected chi connectivity index (χ3v) is 7.32. The van der Waals surface area contributed by atoms with Crippen LogP contribution >= 0.6 is 11.8 Å². The minimum absolute atomic E-state index is 0.152. The van der Waals surface area contributed by atoms with Crippen LogP contribution in [0.3, 0.4) is 0 Å². The summed E-state index contributed by atoms with van der Waals surface area (Å²) in [5, 5.41) is 1.98. The summed E-state index contributed by atoms with van der Waals surface area (Å²) in [4.78, 5) is 24.0. The van der Waals surface area contributed by atoms with Crippen molar-refractivity contribution in [1.29, 1.82) is 0 Å². The number of allylic oxidation sites excluding steroid dienone is 5. The van der Waals surface area contributed by atoms with E-state index in [1.54, 1.807) is 49.2 Å². The van der Waals surface area contributed by atoms with E-state index in [0.29, 0.717) is 17.8 Å². The molecule has 0 spiro atoms. The van der Waals surface area contributed by atoms with Gasteiger partial charge in [0.15, 0.2) is 0 Å². The summed E-state index contributed by atoms with van der Waals surface area (Å²) in [6.07, 6.45) is 7.27. The second-order valence-corrected chi connectivity index (χ2v) is 10.1. The number of rotatable bonds is 10. The summed E-state index contributed by atoms with van der Waals surface area (Å²) in [6.45, 7) is 5.95. The average Bonchev–Trinajstić information content (AvgIpc) is 3.24. The molecule has 0 saturated carbocycles. The van der Waals surface area contributed by atoms with Gasteiger partial charge in [0.25, 0.3) is 0 Å². The maximum Gasteiger partial charge on any atom is 0.337 e. The Bertz CT molecular complexity index is 1170. The van der Waals surface area contributed by atoms with Crippen molar-refractivity contribution in [3.63, 3.8) is 0 Å². The Morgan fingerprint density at radius 1 is 1.32 bits per heavy atom. The summed E-state index contributed by atoms with van der Waals surface area (Å²) >= 11 is 1.55. The number of nitrogens with zero attached hydrogens (tertiary/aromatic N) is 3. The van der Waals surface area contributed by atoms with Gasteiger partial charge in [-0.1, -0.05) is 42.1 Å². The summed E-state index contributed by atoms with van der Waals surface area (Å²) in [6, 6.07) is 6.87. The minimum Gasteiger partial charge on any atom is -0.465 e. The number of amidine groups is 1. The van der Waals surface area contributed by atoms with Crippen molar-refractivity contribution in [2.24, 2.45) is 9.98 Å². The third-order valence-electron chi connectivity index (χ3n) is 6.24.